The van der Waals surface area contributed by atoms with Crippen LogP contribution >= 0.6 is 0 Å². The number of rotatable bonds is 4. The number of hydrogen-bond donors (Lipinski definition) is 4. The van der Waals surface area contributed by atoms with Crippen LogP contribution in [-0.4, -0.2) is 19.3 Å². The Hall–Kier alpha value is -2.49. The number of anilines is 2. The number of aromatic nitrogens is 1. The van der Waals surface area contributed by atoms with Gasteiger partial charge in [-0.3, -0.25) is 4.79 Å². The van der Waals surface area contributed by atoms with E-state index in [4.69, 9.17) is 11.0 Å². The first kappa shape index (κ1) is 14.9. The van der Waals surface area contributed by atoms with Crippen molar-refractivity contribution in [2.75, 3.05) is 10.7 Å². The number of hydrogen-bond acceptors (Lipinski definition) is 6. The molecule has 0 fully saturated rings. The normalized spacial score (nSPS) is 11.0. The highest BCUT2D eigenvalue weighted by Crippen LogP contribution is 2.14. The first-order valence-corrected chi connectivity index (χ1v) is 7.31. The van der Waals surface area contributed by atoms with Gasteiger partial charge in [-0.1, -0.05) is 0 Å². The van der Waals surface area contributed by atoms with Crippen molar-refractivity contribution in [3.05, 3.63) is 48.2 Å². The van der Waals surface area contributed by atoms with Crippen molar-refractivity contribution in [3.8, 4) is 0 Å². The zero-order chi connectivity index (χ0) is 15.5. The predicted octanol–water partition coefficient (Wildman–Crippen LogP) is 0.267. The molecule has 0 aliphatic carbocycles. The summed E-state index contributed by atoms with van der Waals surface area (Å²) >= 11 is 0. The van der Waals surface area contributed by atoms with Crippen LogP contribution in [0.25, 0.3) is 0 Å². The van der Waals surface area contributed by atoms with Crippen LogP contribution in [0.2, 0.25) is 0 Å². The number of benzene rings is 1. The molecule has 0 aliphatic heterocycles. The van der Waals surface area contributed by atoms with Crippen LogP contribution in [0.5, 0.6) is 0 Å². The van der Waals surface area contributed by atoms with Crippen LogP contribution in [0.3, 0.4) is 0 Å². The molecule has 1 amide bonds. The fourth-order valence-corrected chi connectivity index (χ4v) is 2.06. The van der Waals surface area contributed by atoms with E-state index in [1.54, 1.807) is 12.1 Å². The van der Waals surface area contributed by atoms with Gasteiger partial charge in [0.25, 0.3) is 5.91 Å². The van der Waals surface area contributed by atoms with Gasteiger partial charge in [0.05, 0.1) is 10.5 Å². The Bertz CT molecular complexity index is 741. The third-order valence-corrected chi connectivity index (χ3v) is 3.54. The molecule has 2 rings (SSSR count). The van der Waals surface area contributed by atoms with Crippen molar-refractivity contribution in [1.29, 1.82) is 0 Å². The van der Waals surface area contributed by atoms with Gasteiger partial charge in [-0.2, -0.15) is 0 Å². The molecule has 0 spiro atoms. The molecule has 1 heterocycles. The van der Waals surface area contributed by atoms with E-state index in [1.165, 1.54) is 30.5 Å². The molecule has 2 aromatic rings. The fraction of sp³-hybridized carbons (Fsp3) is 0. The standard InChI is InChI=1S/C12H13N5O3S/c13-17-11-6-1-8(7-15-11)12(18)16-9-2-4-10(5-3-9)21(14,19)20/h1-7H,13H2,(H,15,17)(H,16,18)(H2,14,19,20). The molecule has 0 saturated heterocycles. The highest BCUT2D eigenvalue weighted by Gasteiger charge is 2.09. The van der Waals surface area contributed by atoms with E-state index in [2.05, 4.69) is 15.7 Å². The number of nitrogen functional groups attached to an aromatic ring is 1. The molecule has 0 unspecified atom stereocenters. The molecule has 6 N–H and O–H groups in total. The van der Waals surface area contributed by atoms with Crippen LogP contribution in [0.1, 0.15) is 10.4 Å². The molecule has 110 valence electrons. The summed E-state index contributed by atoms with van der Waals surface area (Å²) in [7, 11) is -3.75. The third kappa shape index (κ3) is 3.75. The van der Waals surface area contributed by atoms with Gasteiger partial charge in [0.15, 0.2) is 0 Å². The number of amides is 1. The summed E-state index contributed by atoms with van der Waals surface area (Å²) in [5.74, 6) is 5.23. The number of carbonyl (C=O) groups excluding carboxylic acids is 1. The van der Waals surface area contributed by atoms with Crippen LogP contribution < -0.4 is 21.7 Å². The lowest BCUT2D eigenvalue weighted by Gasteiger charge is -2.06. The van der Waals surface area contributed by atoms with Gasteiger partial charge in [0, 0.05) is 11.9 Å². The number of carbonyl (C=O) groups is 1. The van der Waals surface area contributed by atoms with Crippen molar-refractivity contribution >= 4 is 27.4 Å². The zero-order valence-corrected chi connectivity index (χ0v) is 11.6. The number of sulfonamides is 1. The second-order valence-corrected chi connectivity index (χ2v) is 5.66. The van der Waals surface area contributed by atoms with Crippen molar-refractivity contribution in [2.45, 2.75) is 4.90 Å². The van der Waals surface area contributed by atoms with E-state index in [0.717, 1.165) is 0 Å². The SMILES string of the molecule is NNc1ccc(C(=O)Nc2ccc(S(N)(=O)=O)cc2)cn1. The molecule has 0 atom stereocenters. The first-order chi connectivity index (χ1) is 9.90. The molecular weight excluding hydrogens is 294 g/mol. The number of nitrogens with two attached hydrogens (primary N) is 2. The number of pyridine rings is 1. The molecular formula is C12H13N5O3S. The molecule has 9 heteroatoms. The summed E-state index contributed by atoms with van der Waals surface area (Å²) in [4.78, 5) is 15.8. The molecule has 21 heavy (non-hydrogen) atoms. The summed E-state index contributed by atoms with van der Waals surface area (Å²) < 4.78 is 22.2. The zero-order valence-electron chi connectivity index (χ0n) is 10.8. The minimum absolute atomic E-state index is 0.0273. The Morgan fingerprint density at radius 2 is 1.76 bits per heavy atom. The predicted molar refractivity (Wildman–Crippen MR) is 77.8 cm³/mol. The van der Waals surface area contributed by atoms with Crippen molar-refractivity contribution < 1.29 is 13.2 Å². The van der Waals surface area contributed by atoms with Gasteiger partial charge >= 0.3 is 0 Å². The molecule has 8 nitrogen and oxygen atoms in total. The van der Waals surface area contributed by atoms with E-state index in [1.807, 2.05) is 0 Å². The Balaban J connectivity index is 2.12. The maximum Gasteiger partial charge on any atom is 0.257 e. The minimum atomic E-state index is -3.75. The first-order valence-electron chi connectivity index (χ1n) is 5.77. The fourth-order valence-electron chi connectivity index (χ4n) is 1.54. The summed E-state index contributed by atoms with van der Waals surface area (Å²) in [6.07, 6.45) is 1.36. The van der Waals surface area contributed by atoms with Gasteiger partial charge in [-0.15, -0.1) is 0 Å². The van der Waals surface area contributed by atoms with Crippen LogP contribution in [0, 0.1) is 0 Å². The quantitative estimate of drug-likeness (QED) is 0.472. The topological polar surface area (TPSA) is 140 Å². The highest BCUT2D eigenvalue weighted by atomic mass is 32.2. The third-order valence-electron chi connectivity index (χ3n) is 2.61. The number of nitrogens with zero attached hydrogens (tertiary/aromatic N) is 1. The van der Waals surface area contributed by atoms with Crippen LogP contribution in [0.15, 0.2) is 47.5 Å². The van der Waals surface area contributed by atoms with Crippen LogP contribution in [0.4, 0.5) is 11.5 Å². The molecule has 1 aromatic carbocycles. The van der Waals surface area contributed by atoms with Gasteiger partial charge in [-0.05, 0) is 36.4 Å². The smallest absolute Gasteiger partial charge is 0.257 e. The van der Waals surface area contributed by atoms with Gasteiger partial charge in [-0.25, -0.2) is 24.4 Å². The van der Waals surface area contributed by atoms with Gasteiger partial charge in [0.1, 0.15) is 5.82 Å². The van der Waals surface area contributed by atoms with E-state index in [9.17, 15) is 13.2 Å². The minimum Gasteiger partial charge on any atom is -0.322 e. The molecule has 0 aliphatic rings. The van der Waals surface area contributed by atoms with E-state index >= 15 is 0 Å². The van der Waals surface area contributed by atoms with Gasteiger partial charge < -0.3 is 10.7 Å². The van der Waals surface area contributed by atoms with Crippen LogP contribution in [-0.2, 0) is 10.0 Å². The average molecular weight is 307 g/mol. The Morgan fingerprint density at radius 1 is 1.10 bits per heavy atom. The van der Waals surface area contributed by atoms with Crippen molar-refractivity contribution in [1.82, 2.24) is 4.98 Å². The summed E-state index contributed by atoms with van der Waals surface area (Å²) in [6, 6.07) is 8.62. The largest absolute Gasteiger partial charge is 0.322 e. The summed E-state index contributed by atoms with van der Waals surface area (Å²) in [5, 5.41) is 7.60. The second kappa shape index (κ2) is 5.87. The lowest BCUT2D eigenvalue weighted by molar-refractivity contribution is 0.102. The Kier molecular flexibility index (Phi) is 4.17. The van der Waals surface area contributed by atoms with E-state index in [-0.39, 0.29) is 10.8 Å². The number of hydrazine groups is 1. The molecule has 1 aromatic heterocycles. The lowest BCUT2D eigenvalue weighted by Crippen LogP contribution is -2.14. The van der Waals surface area contributed by atoms with Crippen molar-refractivity contribution in [2.24, 2.45) is 11.0 Å². The van der Waals surface area contributed by atoms with E-state index < -0.39 is 10.0 Å². The maximum absolute atomic E-state index is 11.9. The van der Waals surface area contributed by atoms with E-state index in [0.29, 0.717) is 17.1 Å². The highest BCUT2D eigenvalue weighted by molar-refractivity contribution is 7.89. The average Bonchev–Trinajstić information content (AvgIpc) is 2.47. The molecule has 0 radical (unpaired) electrons. The summed E-state index contributed by atoms with van der Waals surface area (Å²) in [6.45, 7) is 0. The number of primary sulfonamides is 1. The van der Waals surface area contributed by atoms with Crippen molar-refractivity contribution in [3.63, 3.8) is 0 Å². The van der Waals surface area contributed by atoms with Gasteiger partial charge in [0.2, 0.25) is 10.0 Å². The summed E-state index contributed by atoms with van der Waals surface area (Å²) in [5.41, 5.74) is 3.13. The second-order valence-electron chi connectivity index (χ2n) is 4.10. The monoisotopic (exact) mass is 307 g/mol. The lowest BCUT2D eigenvalue weighted by atomic mass is 10.2. The Labute approximate surface area is 121 Å². The Morgan fingerprint density at radius 3 is 2.24 bits per heavy atom. The molecule has 0 saturated carbocycles. The maximum atomic E-state index is 11.9. The number of nitrogens with one attached hydrogen (secondary N) is 2. The molecule has 0 bridgehead atoms.